The van der Waals surface area contributed by atoms with Crippen molar-refractivity contribution >= 4 is 33.4 Å². The van der Waals surface area contributed by atoms with E-state index < -0.39 is 26.9 Å². The van der Waals surface area contributed by atoms with Crippen molar-refractivity contribution in [2.75, 3.05) is 32.6 Å². The highest BCUT2D eigenvalue weighted by molar-refractivity contribution is 8.00. The fraction of sp³-hybridized carbons (Fsp3) is 0.480. The number of nitrogens with zero attached hydrogens (tertiary/aromatic N) is 2. The van der Waals surface area contributed by atoms with E-state index in [-0.39, 0.29) is 17.0 Å². The maximum Gasteiger partial charge on any atom is 0.253 e. The Kier molecular flexibility index (Phi) is 10.5. The summed E-state index contributed by atoms with van der Waals surface area (Å²) >= 11 is 7.66. The Morgan fingerprint density at radius 1 is 1.27 bits per heavy atom. The van der Waals surface area contributed by atoms with Gasteiger partial charge < -0.3 is 19.9 Å². The van der Waals surface area contributed by atoms with E-state index in [2.05, 4.69) is 30.1 Å². The first-order chi connectivity index (χ1) is 17.5. The molecule has 202 valence electrons. The van der Waals surface area contributed by atoms with Crippen molar-refractivity contribution in [1.82, 2.24) is 15.2 Å². The number of hydrogen-bond donors (Lipinski definition) is 3. The van der Waals surface area contributed by atoms with Crippen LogP contribution in [0.1, 0.15) is 19.4 Å². The molecule has 3 rings (SSSR count). The van der Waals surface area contributed by atoms with Crippen LogP contribution >= 0.6 is 23.4 Å². The average molecular weight is 569 g/mol. The molecule has 0 radical (unpaired) electrons. The highest BCUT2D eigenvalue weighted by atomic mass is 35.5. The lowest BCUT2D eigenvalue weighted by Crippen LogP contribution is -2.53. The molecule has 0 aromatic heterocycles. The summed E-state index contributed by atoms with van der Waals surface area (Å²) in [6.45, 7) is 4.77. The minimum absolute atomic E-state index is 0.00570. The van der Waals surface area contributed by atoms with Gasteiger partial charge in [-0.1, -0.05) is 18.2 Å². The first-order valence-corrected chi connectivity index (χ1v) is 14.7. The van der Waals surface area contributed by atoms with Crippen LogP contribution in [0.15, 0.2) is 53.4 Å². The number of methoxy groups -OCH3 is 1. The maximum absolute atomic E-state index is 12.9. The van der Waals surface area contributed by atoms with Gasteiger partial charge in [-0.05, 0) is 50.1 Å². The standard InChI is InChI=1S/C25H33ClN4O5S2/c1-25(2,14-18-7-9-20(34-3)10-8-18)28-16-19(31)17-35-21-5-4-6-22(13-21)37(32,33)29-30-11-12-36-23(15-27)24(30)26/h4-10,13,19,23-24,28-29,31H,11-12,14,16-17H2,1-3H3/t19-,23?,24?/m1/s1. The van der Waals surface area contributed by atoms with Crippen molar-refractivity contribution in [2.24, 2.45) is 0 Å². The predicted molar refractivity (Wildman–Crippen MR) is 145 cm³/mol. The van der Waals surface area contributed by atoms with Gasteiger partial charge in [0, 0.05) is 30.4 Å². The molecule has 1 saturated heterocycles. The number of alkyl halides is 1. The summed E-state index contributed by atoms with van der Waals surface area (Å²) in [6, 6.07) is 16.0. The second-order valence-corrected chi connectivity index (χ2v) is 12.7. The number of rotatable bonds is 12. The molecule has 1 heterocycles. The van der Waals surface area contributed by atoms with Gasteiger partial charge in [0.05, 0.1) is 18.1 Å². The highest BCUT2D eigenvalue weighted by Crippen LogP contribution is 2.27. The zero-order chi connectivity index (χ0) is 27.1. The van der Waals surface area contributed by atoms with Gasteiger partial charge in [0.1, 0.15) is 35.0 Å². The first kappa shape index (κ1) is 29.5. The zero-order valence-corrected chi connectivity index (χ0v) is 23.4. The predicted octanol–water partition coefficient (Wildman–Crippen LogP) is 2.74. The Labute approximate surface area is 228 Å². The fourth-order valence-electron chi connectivity index (χ4n) is 3.74. The maximum atomic E-state index is 12.9. The quantitative estimate of drug-likeness (QED) is 0.262. The van der Waals surface area contributed by atoms with Crippen LogP contribution in [-0.2, 0) is 16.4 Å². The second-order valence-electron chi connectivity index (χ2n) is 9.31. The molecule has 9 nitrogen and oxygen atoms in total. The van der Waals surface area contributed by atoms with E-state index in [1.807, 2.05) is 24.3 Å². The Morgan fingerprint density at radius 2 is 2.00 bits per heavy atom. The summed E-state index contributed by atoms with van der Waals surface area (Å²) < 4.78 is 36.7. The minimum atomic E-state index is -3.94. The summed E-state index contributed by atoms with van der Waals surface area (Å²) in [4.78, 5) is 2.46. The summed E-state index contributed by atoms with van der Waals surface area (Å²) in [6.07, 6.45) is -0.0508. The van der Waals surface area contributed by atoms with E-state index in [0.29, 0.717) is 24.6 Å². The number of nitriles is 1. The number of β-amino-alcohol motifs (C(OH)–C–C–N with tert-alkyl or cyclic N) is 1. The van der Waals surface area contributed by atoms with Crippen LogP contribution < -0.4 is 19.6 Å². The summed E-state index contributed by atoms with van der Waals surface area (Å²) in [5.41, 5.74) is 0.0877. The highest BCUT2D eigenvalue weighted by Gasteiger charge is 2.33. The number of hydrazine groups is 1. The van der Waals surface area contributed by atoms with Crippen molar-refractivity contribution in [3.05, 3.63) is 54.1 Å². The second kappa shape index (κ2) is 13.2. The topological polar surface area (TPSA) is 124 Å². The van der Waals surface area contributed by atoms with Crippen LogP contribution in [0.25, 0.3) is 0 Å². The van der Waals surface area contributed by atoms with E-state index in [1.165, 1.54) is 28.9 Å². The van der Waals surface area contributed by atoms with Gasteiger partial charge >= 0.3 is 0 Å². The average Bonchev–Trinajstić information content (AvgIpc) is 2.88. The van der Waals surface area contributed by atoms with Gasteiger partial charge in [-0.25, -0.2) is 13.4 Å². The molecule has 0 amide bonds. The van der Waals surface area contributed by atoms with E-state index in [9.17, 15) is 18.8 Å². The Bertz CT molecular complexity index is 1170. The largest absolute Gasteiger partial charge is 0.497 e. The number of benzene rings is 2. The van der Waals surface area contributed by atoms with Crippen molar-refractivity contribution in [3.63, 3.8) is 0 Å². The van der Waals surface area contributed by atoms with Gasteiger partial charge in [0.15, 0.2) is 0 Å². The monoisotopic (exact) mass is 568 g/mol. The van der Waals surface area contributed by atoms with Crippen LogP contribution in [-0.4, -0.2) is 73.5 Å². The zero-order valence-electron chi connectivity index (χ0n) is 21.1. The van der Waals surface area contributed by atoms with Crippen molar-refractivity contribution in [1.29, 1.82) is 5.26 Å². The third-order valence-corrected chi connectivity index (χ3v) is 8.85. The first-order valence-electron chi connectivity index (χ1n) is 11.8. The molecule has 1 fully saturated rings. The number of aliphatic hydroxyl groups excluding tert-OH is 1. The number of sulfonamides is 1. The smallest absolute Gasteiger partial charge is 0.253 e. The van der Waals surface area contributed by atoms with Crippen LogP contribution in [0.3, 0.4) is 0 Å². The molecule has 0 bridgehead atoms. The number of aliphatic hydroxyl groups is 1. The minimum Gasteiger partial charge on any atom is -0.497 e. The Balaban J connectivity index is 1.51. The Morgan fingerprint density at radius 3 is 2.68 bits per heavy atom. The SMILES string of the molecule is COc1ccc(CC(C)(C)NC[C@@H](O)COc2cccc(S(=O)(=O)NN3CCSC(C#N)C3Cl)c2)cc1. The van der Waals surface area contributed by atoms with Crippen molar-refractivity contribution in [3.8, 4) is 17.6 Å². The third-order valence-electron chi connectivity index (χ3n) is 5.72. The molecule has 0 saturated carbocycles. The van der Waals surface area contributed by atoms with Crippen LogP contribution in [0.2, 0.25) is 0 Å². The molecule has 2 unspecified atom stereocenters. The van der Waals surface area contributed by atoms with Crippen LogP contribution in [0.5, 0.6) is 11.5 Å². The number of hydrogen-bond acceptors (Lipinski definition) is 9. The number of nitrogens with one attached hydrogen (secondary N) is 2. The molecule has 3 N–H and O–H groups in total. The van der Waals surface area contributed by atoms with Gasteiger partial charge in [0.25, 0.3) is 10.0 Å². The molecule has 0 aliphatic carbocycles. The molecule has 37 heavy (non-hydrogen) atoms. The molecule has 3 atom stereocenters. The van der Waals surface area contributed by atoms with E-state index in [1.54, 1.807) is 19.2 Å². The molecular weight excluding hydrogens is 536 g/mol. The van der Waals surface area contributed by atoms with Gasteiger partial charge in [-0.3, -0.25) is 0 Å². The van der Waals surface area contributed by atoms with Crippen molar-refractivity contribution < 1.29 is 23.0 Å². The van der Waals surface area contributed by atoms with Gasteiger partial charge in [-0.15, -0.1) is 28.2 Å². The molecule has 0 spiro atoms. The molecule has 1 aliphatic heterocycles. The van der Waals surface area contributed by atoms with Crippen LogP contribution in [0.4, 0.5) is 0 Å². The molecule has 1 aliphatic rings. The third kappa shape index (κ3) is 8.75. The molecule has 12 heteroatoms. The van der Waals surface area contributed by atoms with Gasteiger partial charge in [-0.2, -0.15) is 5.26 Å². The van der Waals surface area contributed by atoms with E-state index in [4.69, 9.17) is 21.1 Å². The lowest BCUT2D eigenvalue weighted by atomic mass is 9.94. The number of halogens is 1. The van der Waals surface area contributed by atoms with Crippen LogP contribution in [0, 0.1) is 11.3 Å². The number of thioether (sulfide) groups is 1. The van der Waals surface area contributed by atoms with E-state index >= 15 is 0 Å². The molecule has 2 aromatic carbocycles. The number of ether oxygens (including phenoxy) is 2. The normalized spacial score (nSPS) is 19.7. The lowest BCUT2D eigenvalue weighted by Gasteiger charge is -2.33. The molecule has 2 aromatic rings. The summed E-state index contributed by atoms with van der Waals surface area (Å²) in [5.74, 6) is 1.69. The summed E-state index contributed by atoms with van der Waals surface area (Å²) in [7, 11) is -2.31. The van der Waals surface area contributed by atoms with Crippen molar-refractivity contribution in [2.45, 2.75) is 47.6 Å². The van der Waals surface area contributed by atoms with Gasteiger partial charge in [0.2, 0.25) is 0 Å². The lowest BCUT2D eigenvalue weighted by molar-refractivity contribution is 0.0987. The van der Waals surface area contributed by atoms with E-state index in [0.717, 1.165) is 17.7 Å². The fourth-order valence-corrected chi connectivity index (χ4v) is 6.30. The Hall–Kier alpha value is -2.04. The molecular formula is C25H33ClN4O5S2. The summed E-state index contributed by atoms with van der Waals surface area (Å²) in [5, 5.41) is 23.8.